The second-order valence-electron chi connectivity index (χ2n) is 2.06. The van der Waals surface area contributed by atoms with Crippen LogP contribution in [-0.2, 0) is 9.78 Å². The summed E-state index contributed by atoms with van der Waals surface area (Å²) in [5, 5.41) is 0. The van der Waals surface area contributed by atoms with Crippen molar-refractivity contribution in [2.24, 2.45) is 0 Å². The van der Waals surface area contributed by atoms with Crippen molar-refractivity contribution >= 4 is 11.6 Å². The molecule has 0 aromatic carbocycles. The molecule has 1 heterocycles. The molecule has 60 valence electrons. The van der Waals surface area contributed by atoms with Gasteiger partial charge in [-0.3, -0.25) is 9.78 Å². The van der Waals surface area contributed by atoms with Crippen molar-refractivity contribution in [1.29, 1.82) is 0 Å². The van der Waals surface area contributed by atoms with Crippen molar-refractivity contribution in [2.45, 2.75) is 6.42 Å². The van der Waals surface area contributed by atoms with Crippen molar-refractivity contribution in [3.63, 3.8) is 0 Å². The first-order valence-electron chi connectivity index (χ1n) is 3.27. The molecule has 0 aliphatic carbocycles. The van der Waals surface area contributed by atoms with Crippen LogP contribution in [0.4, 0.5) is 0 Å². The lowest BCUT2D eigenvalue weighted by atomic mass is 10.2. The maximum absolute atomic E-state index is 5.63. The average Bonchev–Trinajstić information content (AvgIpc) is 2.06. The molecule has 2 nitrogen and oxygen atoms in total. The van der Waals surface area contributed by atoms with Gasteiger partial charge in [0.15, 0.2) is 5.76 Å². The van der Waals surface area contributed by atoms with Crippen LogP contribution in [0.3, 0.4) is 0 Å². The van der Waals surface area contributed by atoms with E-state index in [1.54, 1.807) is 12.2 Å². The zero-order chi connectivity index (χ0) is 8.10. The second-order valence-corrected chi connectivity index (χ2v) is 2.32. The Morgan fingerprint density at radius 1 is 1.64 bits per heavy atom. The topological polar surface area (TPSA) is 18.5 Å². The molecule has 0 N–H and O–H groups in total. The summed E-state index contributed by atoms with van der Waals surface area (Å²) in [6.45, 7) is 3.59. The number of hydrogen-bond donors (Lipinski definition) is 0. The predicted octanol–water partition coefficient (Wildman–Crippen LogP) is 2.53. The lowest BCUT2D eigenvalue weighted by molar-refractivity contribution is -0.216. The SMILES string of the molecule is C=CCC1=C(CCl)C=COO1. The van der Waals surface area contributed by atoms with Crippen LogP contribution in [0.2, 0.25) is 0 Å². The molecule has 0 radical (unpaired) electrons. The van der Waals surface area contributed by atoms with Gasteiger partial charge in [0.05, 0.1) is 5.88 Å². The number of allylic oxidation sites excluding steroid dienone is 3. The highest BCUT2D eigenvalue weighted by atomic mass is 35.5. The summed E-state index contributed by atoms with van der Waals surface area (Å²) in [6, 6.07) is 0. The molecule has 1 aliphatic heterocycles. The van der Waals surface area contributed by atoms with Gasteiger partial charge >= 0.3 is 0 Å². The highest BCUT2D eigenvalue weighted by Gasteiger charge is 2.08. The van der Waals surface area contributed by atoms with E-state index in [0.29, 0.717) is 12.3 Å². The molecule has 0 bridgehead atoms. The third kappa shape index (κ3) is 2.02. The highest BCUT2D eigenvalue weighted by Crippen LogP contribution is 2.18. The molecule has 1 aliphatic rings. The minimum absolute atomic E-state index is 0.434. The molecule has 0 saturated carbocycles. The molecule has 0 saturated heterocycles. The minimum Gasteiger partial charge on any atom is -0.298 e. The van der Waals surface area contributed by atoms with Crippen LogP contribution in [0.25, 0.3) is 0 Å². The number of rotatable bonds is 3. The fourth-order valence-corrected chi connectivity index (χ4v) is 0.996. The normalized spacial score (nSPS) is 15.7. The van der Waals surface area contributed by atoms with Gasteiger partial charge in [-0.15, -0.1) is 18.2 Å². The van der Waals surface area contributed by atoms with Gasteiger partial charge in [-0.25, -0.2) is 0 Å². The van der Waals surface area contributed by atoms with Crippen LogP contribution in [-0.4, -0.2) is 5.88 Å². The predicted molar refractivity (Wildman–Crippen MR) is 43.9 cm³/mol. The van der Waals surface area contributed by atoms with Gasteiger partial charge in [-0.1, -0.05) is 6.08 Å². The summed E-state index contributed by atoms with van der Waals surface area (Å²) in [4.78, 5) is 9.48. The molecular formula is C8H9ClO2. The monoisotopic (exact) mass is 172 g/mol. The van der Waals surface area contributed by atoms with Gasteiger partial charge in [0.2, 0.25) is 0 Å². The Bertz CT molecular complexity index is 206. The summed E-state index contributed by atoms with van der Waals surface area (Å²) in [6.07, 6.45) is 5.64. The van der Waals surface area contributed by atoms with E-state index in [1.165, 1.54) is 6.26 Å². The Hall–Kier alpha value is -0.890. The van der Waals surface area contributed by atoms with Crippen LogP contribution >= 0.6 is 11.6 Å². The third-order valence-corrected chi connectivity index (χ3v) is 1.59. The van der Waals surface area contributed by atoms with E-state index in [0.717, 1.165) is 11.3 Å². The second kappa shape index (κ2) is 4.09. The van der Waals surface area contributed by atoms with Gasteiger partial charge in [-0.05, 0) is 6.08 Å². The lowest BCUT2D eigenvalue weighted by Gasteiger charge is -2.11. The summed E-state index contributed by atoms with van der Waals surface area (Å²) < 4.78 is 0. The molecule has 0 aromatic rings. The molecule has 11 heavy (non-hydrogen) atoms. The van der Waals surface area contributed by atoms with Crippen molar-refractivity contribution in [1.82, 2.24) is 0 Å². The summed E-state index contributed by atoms with van der Waals surface area (Å²) in [7, 11) is 0. The van der Waals surface area contributed by atoms with Gasteiger partial charge in [0, 0.05) is 12.0 Å². The van der Waals surface area contributed by atoms with Crippen LogP contribution in [0.5, 0.6) is 0 Å². The number of halogens is 1. The van der Waals surface area contributed by atoms with Gasteiger partial charge in [-0.2, -0.15) is 0 Å². The van der Waals surface area contributed by atoms with Crippen molar-refractivity contribution in [3.8, 4) is 0 Å². The molecule has 0 fully saturated rings. The third-order valence-electron chi connectivity index (χ3n) is 1.31. The molecule has 0 aromatic heterocycles. The van der Waals surface area contributed by atoms with Crippen LogP contribution < -0.4 is 0 Å². The Morgan fingerprint density at radius 3 is 3.09 bits per heavy atom. The van der Waals surface area contributed by atoms with Crippen LogP contribution in [0.15, 0.2) is 36.3 Å². The van der Waals surface area contributed by atoms with E-state index in [1.807, 2.05) is 0 Å². The van der Waals surface area contributed by atoms with E-state index in [2.05, 4.69) is 11.5 Å². The molecule has 0 amide bonds. The van der Waals surface area contributed by atoms with Crippen molar-refractivity contribution in [2.75, 3.05) is 5.88 Å². The van der Waals surface area contributed by atoms with E-state index in [4.69, 9.17) is 16.5 Å². The molecule has 0 unspecified atom stereocenters. The van der Waals surface area contributed by atoms with Gasteiger partial charge < -0.3 is 0 Å². The largest absolute Gasteiger partial charge is 0.298 e. The van der Waals surface area contributed by atoms with Crippen LogP contribution in [0, 0.1) is 0 Å². The van der Waals surface area contributed by atoms with E-state index >= 15 is 0 Å². The standard InChI is InChI=1S/C8H9ClO2/c1-2-3-8-7(6-9)4-5-10-11-8/h2,4-5H,1,3,6H2. The maximum Gasteiger partial charge on any atom is 0.163 e. The van der Waals surface area contributed by atoms with Gasteiger partial charge in [0.25, 0.3) is 0 Å². The van der Waals surface area contributed by atoms with Crippen LogP contribution in [0.1, 0.15) is 6.42 Å². The average molecular weight is 173 g/mol. The zero-order valence-corrected chi connectivity index (χ0v) is 6.80. The first kappa shape index (κ1) is 8.21. The molecule has 0 atom stereocenters. The number of alkyl halides is 1. The Morgan fingerprint density at radius 2 is 2.45 bits per heavy atom. The van der Waals surface area contributed by atoms with Crippen molar-refractivity contribution in [3.05, 3.63) is 36.3 Å². The Balaban J connectivity index is 2.73. The zero-order valence-electron chi connectivity index (χ0n) is 6.05. The fourth-order valence-electron chi connectivity index (χ4n) is 0.758. The Kier molecular flexibility index (Phi) is 3.05. The quantitative estimate of drug-likeness (QED) is 0.370. The molecule has 1 rings (SSSR count). The van der Waals surface area contributed by atoms with E-state index in [9.17, 15) is 0 Å². The maximum atomic E-state index is 5.63. The first-order valence-corrected chi connectivity index (χ1v) is 3.80. The Labute approximate surface area is 70.7 Å². The number of hydrogen-bond acceptors (Lipinski definition) is 2. The van der Waals surface area contributed by atoms with E-state index < -0.39 is 0 Å². The fraction of sp³-hybridized carbons (Fsp3) is 0.250. The summed E-state index contributed by atoms with van der Waals surface area (Å²) in [5.74, 6) is 1.17. The first-order chi connectivity index (χ1) is 5.38. The lowest BCUT2D eigenvalue weighted by Crippen LogP contribution is -2.00. The summed E-state index contributed by atoms with van der Waals surface area (Å²) in [5.41, 5.74) is 0.942. The van der Waals surface area contributed by atoms with Gasteiger partial charge in [0.1, 0.15) is 6.26 Å². The van der Waals surface area contributed by atoms with Crippen molar-refractivity contribution < 1.29 is 9.78 Å². The highest BCUT2D eigenvalue weighted by molar-refractivity contribution is 6.19. The summed E-state index contributed by atoms with van der Waals surface area (Å²) >= 11 is 5.63. The smallest absolute Gasteiger partial charge is 0.163 e. The molecule has 0 spiro atoms. The molecular weight excluding hydrogens is 164 g/mol. The van der Waals surface area contributed by atoms with E-state index in [-0.39, 0.29) is 0 Å². The minimum atomic E-state index is 0.434. The molecule has 3 heteroatoms.